The van der Waals surface area contributed by atoms with Gasteiger partial charge in [0, 0.05) is 0 Å². The number of cyclic esters (lactones) is 1. The fraction of sp³-hybridized carbons (Fsp3) is 0.500. The summed E-state index contributed by atoms with van der Waals surface area (Å²) in [5.41, 5.74) is 0.841. The molecular formula is C14H19FO2. The maximum atomic E-state index is 12.7. The zero-order valence-electron chi connectivity index (χ0n) is 10.6. The van der Waals surface area contributed by atoms with Gasteiger partial charge in [0.2, 0.25) is 0 Å². The minimum atomic E-state index is -0.281. The molecule has 1 fully saturated rings. The molecule has 3 heteroatoms. The first-order valence-corrected chi connectivity index (χ1v) is 6.13. The van der Waals surface area contributed by atoms with Gasteiger partial charge in [-0.2, -0.15) is 0 Å². The number of benzene rings is 1. The first kappa shape index (κ1) is 13.7. The van der Waals surface area contributed by atoms with E-state index in [1.165, 1.54) is 12.1 Å². The molecule has 0 radical (unpaired) electrons. The maximum Gasteiger partial charge on any atom is 0.313 e. The average molecular weight is 238 g/mol. The molecule has 2 rings (SSSR count). The van der Waals surface area contributed by atoms with E-state index in [1.54, 1.807) is 12.1 Å². The molecule has 2 nitrogen and oxygen atoms in total. The molecule has 17 heavy (non-hydrogen) atoms. The van der Waals surface area contributed by atoms with Gasteiger partial charge in [0.25, 0.3) is 0 Å². The molecule has 1 aliphatic heterocycles. The molecule has 94 valence electrons. The number of halogens is 1. The van der Waals surface area contributed by atoms with Crippen LogP contribution in [0, 0.1) is 5.82 Å². The van der Waals surface area contributed by atoms with E-state index in [0.717, 1.165) is 18.4 Å². The average Bonchev–Trinajstić information content (AvgIpc) is 2.33. The van der Waals surface area contributed by atoms with Gasteiger partial charge in [0.1, 0.15) is 5.82 Å². The van der Waals surface area contributed by atoms with Crippen LogP contribution in [-0.4, -0.2) is 12.1 Å². The van der Waals surface area contributed by atoms with Crippen molar-refractivity contribution in [3.8, 4) is 0 Å². The van der Waals surface area contributed by atoms with E-state index in [9.17, 15) is 9.18 Å². The van der Waals surface area contributed by atoms with Crippen molar-refractivity contribution < 1.29 is 13.9 Å². The smallest absolute Gasteiger partial charge is 0.313 e. The maximum absolute atomic E-state index is 12.7. The van der Waals surface area contributed by atoms with Crippen molar-refractivity contribution >= 4 is 5.97 Å². The first-order chi connectivity index (χ1) is 8.16. The summed E-state index contributed by atoms with van der Waals surface area (Å²) in [5.74, 6) is -0.696. The summed E-state index contributed by atoms with van der Waals surface area (Å²) < 4.78 is 17.8. The molecule has 0 spiro atoms. The number of rotatable bonds is 1. The highest BCUT2D eigenvalue weighted by molar-refractivity contribution is 5.78. The SMILES string of the molecule is CC.CC1CCC(c2ccc(F)cc2)C(=O)O1. The predicted molar refractivity (Wildman–Crippen MR) is 65.3 cm³/mol. The molecule has 0 amide bonds. The van der Waals surface area contributed by atoms with Gasteiger partial charge in [-0.15, -0.1) is 0 Å². The lowest BCUT2D eigenvalue weighted by Crippen LogP contribution is -2.27. The molecule has 0 bridgehead atoms. The summed E-state index contributed by atoms with van der Waals surface area (Å²) in [6.07, 6.45) is 1.66. The Kier molecular flexibility index (Phi) is 5.13. The van der Waals surface area contributed by atoms with Crippen LogP contribution in [-0.2, 0) is 9.53 Å². The summed E-state index contributed by atoms with van der Waals surface area (Å²) in [6.45, 7) is 5.89. The summed E-state index contributed by atoms with van der Waals surface area (Å²) >= 11 is 0. The number of hydrogen-bond donors (Lipinski definition) is 0. The van der Waals surface area contributed by atoms with Crippen LogP contribution < -0.4 is 0 Å². The molecule has 0 aromatic heterocycles. The van der Waals surface area contributed by atoms with Gasteiger partial charge >= 0.3 is 5.97 Å². The molecule has 0 N–H and O–H groups in total. The van der Waals surface area contributed by atoms with Crippen LogP contribution >= 0.6 is 0 Å². The lowest BCUT2D eigenvalue weighted by molar-refractivity contribution is -0.154. The van der Waals surface area contributed by atoms with Gasteiger partial charge in [-0.05, 0) is 37.5 Å². The standard InChI is InChI=1S/C12H13FO2.C2H6/c1-8-2-7-11(12(14)15-8)9-3-5-10(13)6-4-9;1-2/h3-6,8,11H,2,7H2,1H3;1-2H3. The summed E-state index contributed by atoms with van der Waals surface area (Å²) in [4.78, 5) is 11.6. The Balaban J connectivity index is 0.000000686. The van der Waals surface area contributed by atoms with E-state index in [1.807, 2.05) is 20.8 Å². The van der Waals surface area contributed by atoms with Crippen molar-refractivity contribution in [1.29, 1.82) is 0 Å². The Hall–Kier alpha value is -1.38. The van der Waals surface area contributed by atoms with E-state index < -0.39 is 0 Å². The molecule has 2 unspecified atom stereocenters. The van der Waals surface area contributed by atoms with E-state index in [4.69, 9.17) is 4.74 Å². The van der Waals surface area contributed by atoms with Crippen molar-refractivity contribution in [3.63, 3.8) is 0 Å². The molecule has 1 aromatic carbocycles. The van der Waals surface area contributed by atoms with E-state index in [0.29, 0.717) is 0 Å². The Morgan fingerprint density at radius 1 is 1.18 bits per heavy atom. The van der Waals surface area contributed by atoms with E-state index >= 15 is 0 Å². The topological polar surface area (TPSA) is 26.3 Å². The summed E-state index contributed by atoms with van der Waals surface area (Å²) in [7, 11) is 0. The van der Waals surface area contributed by atoms with Crippen molar-refractivity contribution in [3.05, 3.63) is 35.6 Å². The van der Waals surface area contributed by atoms with Crippen LogP contribution in [0.2, 0.25) is 0 Å². The number of carbonyl (C=O) groups is 1. The largest absolute Gasteiger partial charge is 0.462 e. The number of hydrogen-bond acceptors (Lipinski definition) is 2. The number of carbonyl (C=O) groups excluding carboxylic acids is 1. The van der Waals surface area contributed by atoms with Crippen molar-refractivity contribution in [2.24, 2.45) is 0 Å². The molecule has 1 heterocycles. The van der Waals surface area contributed by atoms with E-state index in [-0.39, 0.29) is 23.8 Å². The fourth-order valence-electron chi connectivity index (χ4n) is 1.86. The Bertz CT molecular complexity index is 359. The second-order valence-electron chi connectivity index (χ2n) is 3.93. The van der Waals surface area contributed by atoms with Crippen molar-refractivity contribution in [2.75, 3.05) is 0 Å². The fourth-order valence-corrected chi connectivity index (χ4v) is 1.86. The van der Waals surface area contributed by atoms with Gasteiger partial charge in [0.05, 0.1) is 12.0 Å². The van der Waals surface area contributed by atoms with Gasteiger partial charge in [-0.25, -0.2) is 4.39 Å². The molecule has 1 aromatic rings. The monoisotopic (exact) mass is 238 g/mol. The van der Waals surface area contributed by atoms with Crippen LogP contribution in [0.4, 0.5) is 4.39 Å². The second-order valence-corrected chi connectivity index (χ2v) is 3.93. The molecule has 1 aliphatic rings. The molecule has 0 saturated carbocycles. The third-order valence-corrected chi connectivity index (χ3v) is 2.74. The summed E-state index contributed by atoms with van der Waals surface area (Å²) in [6, 6.07) is 6.05. The Labute approximate surface area is 102 Å². The molecule has 1 saturated heterocycles. The van der Waals surface area contributed by atoms with Gasteiger partial charge in [0.15, 0.2) is 0 Å². The normalized spacial score (nSPS) is 23.4. The van der Waals surface area contributed by atoms with Crippen LogP contribution in [0.25, 0.3) is 0 Å². The third kappa shape index (κ3) is 3.55. The first-order valence-electron chi connectivity index (χ1n) is 6.13. The molecular weight excluding hydrogens is 219 g/mol. The molecule has 0 aliphatic carbocycles. The summed E-state index contributed by atoms with van der Waals surface area (Å²) in [5, 5.41) is 0. The Morgan fingerprint density at radius 3 is 2.29 bits per heavy atom. The van der Waals surface area contributed by atoms with Crippen molar-refractivity contribution in [2.45, 2.75) is 45.6 Å². The third-order valence-electron chi connectivity index (χ3n) is 2.74. The van der Waals surface area contributed by atoms with Gasteiger partial charge < -0.3 is 4.74 Å². The zero-order chi connectivity index (χ0) is 12.8. The quantitative estimate of drug-likeness (QED) is 0.698. The number of esters is 1. The van der Waals surface area contributed by atoms with Crippen LogP contribution in [0.3, 0.4) is 0 Å². The zero-order valence-corrected chi connectivity index (χ0v) is 10.6. The Morgan fingerprint density at radius 2 is 1.76 bits per heavy atom. The second kappa shape index (κ2) is 6.38. The highest BCUT2D eigenvalue weighted by Crippen LogP contribution is 2.29. The van der Waals surface area contributed by atoms with Crippen LogP contribution in [0.5, 0.6) is 0 Å². The number of ether oxygens (including phenoxy) is 1. The lowest BCUT2D eigenvalue weighted by atomic mass is 9.91. The minimum Gasteiger partial charge on any atom is -0.462 e. The lowest BCUT2D eigenvalue weighted by Gasteiger charge is -2.25. The predicted octanol–water partition coefficient (Wildman–Crippen LogP) is 3.66. The van der Waals surface area contributed by atoms with Gasteiger partial charge in [-0.3, -0.25) is 4.79 Å². The van der Waals surface area contributed by atoms with Crippen LogP contribution in [0.1, 0.15) is 45.1 Å². The van der Waals surface area contributed by atoms with Crippen molar-refractivity contribution in [1.82, 2.24) is 0 Å². The highest BCUT2D eigenvalue weighted by Gasteiger charge is 2.28. The van der Waals surface area contributed by atoms with Gasteiger partial charge in [-0.1, -0.05) is 26.0 Å². The van der Waals surface area contributed by atoms with Crippen LogP contribution in [0.15, 0.2) is 24.3 Å². The molecule has 2 atom stereocenters. The highest BCUT2D eigenvalue weighted by atomic mass is 19.1. The minimum absolute atomic E-state index is 0.00852. The van der Waals surface area contributed by atoms with E-state index in [2.05, 4.69) is 0 Å².